The fourth-order valence-corrected chi connectivity index (χ4v) is 3.26. The van der Waals surface area contributed by atoms with Gasteiger partial charge in [0, 0.05) is 0 Å². The van der Waals surface area contributed by atoms with Gasteiger partial charge in [-0.15, -0.1) is 0 Å². The molecule has 0 aliphatic heterocycles. The fraction of sp³-hybridized carbons (Fsp3) is 0.643. The van der Waals surface area contributed by atoms with Crippen LogP contribution in [0, 0.1) is 10.8 Å². The minimum Gasteiger partial charge on any atom is -0.294 e. The summed E-state index contributed by atoms with van der Waals surface area (Å²) in [6, 6.07) is 0. The second-order valence-corrected chi connectivity index (χ2v) is 5.83. The number of rotatable bonds is 0. The highest BCUT2D eigenvalue weighted by atomic mass is 16.1. The van der Waals surface area contributed by atoms with Crippen LogP contribution in [0.2, 0.25) is 0 Å². The molecule has 0 heterocycles. The topological polar surface area (TPSA) is 17.1 Å². The second kappa shape index (κ2) is 3.07. The summed E-state index contributed by atoms with van der Waals surface area (Å²) in [6.45, 7) is 8.58. The number of carbonyl (C=O) groups excluding carboxylic acids is 1. The molecule has 15 heavy (non-hydrogen) atoms. The SMILES string of the molecule is CC1=CC=C2C(C)(C)CCCC2(C)C1=O. The van der Waals surface area contributed by atoms with Gasteiger partial charge in [0.2, 0.25) is 0 Å². The van der Waals surface area contributed by atoms with Gasteiger partial charge < -0.3 is 0 Å². The Morgan fingerprint density at radius 2 is 1.80 bits per heavy atom. The molecule has 0 radical (unpaired) electrons. The van der Waals surface area contributed by atoms with Gasteiger partial charge in [-0.1, -0.05) is 38.0 Å². The van der Waals surface area contributed by atoms with Crippen molar-refractivity contribution in [3.63, 3.8) is 0 Å². The van der Waals surface area contributed by atoms with E-state index in [9.17, 15) is 4.79 Å². The van der Waals surface area contributed by atoms with Crippen molar-refractivity contribution in [3.05, 3.63) is 23.3 Å². The molecule has 1 unspecified atom stereocenters. The van der Waals surface area contributed by atoms with Crippen molar-refractivity contribution in [1.82, 2.24) is 0 Å². The minimum absolute atomic E-state index is 0.194. The van der Waals surface area contributed by atoms with Crippen LogP contribution in [0.15, 0.2) is 23.3 Å². The van der Waals surface area contributed by atoms with E-state index in [0.717, 1.165) is 12.0 Å². The minimum atomic E-state index is -0.208. The van der Waals surface area contributed by atoms with E-state index >= 15 is 0 Å². The smallest absolute Gasteiger partial charge is 0.168 e. The summed E-state index contributed by atoms with van der Waals surface area (Å²) in [6.07, 6.45) is 7.57. The largest absolute Gasteiger partial charge is 0.294 e. The summed E-state index contributed by atoms with van der Waals surface area (Å²) in [5, 5.41) is 0. The number of hydrogen-bond donors (Lipinski definition) is 0. The maximum Gasteiger partial charge on any atom is 0.168 e. The van der Waals surface area contributed by atoms with Crippen molar-refractivity contribution in [2.45, 2.75) is 47.0 Å². The normalized spacial score (nSPS) is 34.3. The van der Waals surface area contributed by atoms with Crippen LogP contribution >= 0.6 is 0 Å². The zero-order valence-electron chi connectivity index (χ0n) is 10.2. The Bertz CT molecular complexity index is 371. The third kappa shape index (κ3) is 1.40. The Kier molecular flexibility index (Phi) is 2.18. The molecule has 0 bridgehead atoms. The van der Waals surface area contributed by atoms with Crippen LogP contribution in [-0.4, -0.2) is 5.78 Å². The molecular weight excluding hydrogens is 184 g/mol. The molecule has 2 aliphatic rings. The Hall–Kier alpha value is -0.850. The Labute approximate surface area is 92.3 Å². The van der Waals surface area contributed by atoms with Gasteiger partial charge in [0.1, 0.15) is 0 Å². The Morgan fingerprint density at radius 3 is 2.47 bits per heavy atom. The molecule has 1 saturated carbocycles. The number of carbonyl (C=O) groups is 1. The molecule has 0 N–H and O–H groups in total. The highest BCUT2D eigenvalue weighted by molar-refractivity contribution is 6.03. The second-order valence-electron chi connectivity index (χ2n) is 5.83. The van der Waals surface area contributed by atoms with Gasteiger partial charge in [-0.3, -0.25) is 4.79 Å². The van der Waals surface area contributed by atoms with Gasteiger partial charge in [-0.05, 0) is 37.7 Å². The molecule has 1 nitrogen and oxygen atoms in total. The van der Waals surface area contributed by atoms with Gasteiger partial charge in [0.25, 0.3) is 0 Å². The van der Waals surface area contributed by atoms with Crippen LogP contribution in [0.1, 0.15) is 47.0 Å². The molecule has 1 atom stereocenters. The number of fused-ring (bicyclic) bond motifs is 1. The zero-order chi connectivity index (χ0) is 11.3. The summed E-state index contributed by atoms with van der Waals surface area (Å²) >= 11 is 0. The lowest BCUT2D eigenvalue weighted by atomic mass is 9.57. The van der Waals surface area contributed by atoms with E-state index in [-0.39, 0.29) is 10.8 Å². The van der Waals surface area contributed by atoms with Crippen molar-refractivity contribution in [1.29, 1.82) is 0 Å². The third-order valence-electron chi connectivity index (χ3n) is 4.16. The lowest BCUT2D eigenvalue weighted by Gasteiger charge is -2.46. The van der Waals surface area contributed by atoms with Gasteiger partial charge in [0.15, 0.2) is 5.78 Å². The molecule has 0 saturated heterocycles. The molecule has 1 heteroatoms. The lowest BCUT2D eigenvalue weighted by molar-refractivity contribution is -0.124. The number of hydrogen-bond acceptors (Lipinski definition) is 1. The van der Waals surface area contributed by atoms with Gasteiger partial charge in [-0.2, -0.15) is 0 Å². The number of Topliss-reactive ketones (excluding diaryl/α,β-unsaturated/α-hetero) is 1. The van der Waals surface area contributed by atoms with Crippen molar-refractivity contribution in [3.8, 4) is 0 Å². The number of ketones is 1. The van der Waals surface area contributed by atoms with Crippen LogP contribution in [0.5, 0.6) is 0 Å². The predicted molar refractivity (Wildman–Crippen MR) is 62.6 cm³/mol. The van der Waals surface area contributed by atoms with Crippen LogP contribution in [-0.2, 0) is 4.79 Å². The third-order valence-corrected chi connectivity index (χ3v) is 4.16. The molecule has 0 aromatic heterocycles. The lowest BCUT2D eigenvalue weighted by Crippen LogP contribution is -2.41. The molecular formula is C14H20O. The van der Waals surface area contributed by atoms with E-state index in [1.807, 2.05) is 13.0 Å². The van der Waals surface area contributed by atoms with E-state index in [0.29, 0.717) is 5.78 Å². The maximum atomic E-state index is 12.3. The quantitative estimate of drug-likeness (QED) is 0.588. The Balaban J connectivity index is 2.54. The zero-order valence-corrected chi connectivity index (χ0v) is 10.2. The van der Waals surface area contributed by atoms with Crippen molar-refractivity contribution in [2.24, 2.45) is 10.8 Å². The first-order valence-corrected chi connectivity index (χ1v) is 5.82. The molecule has 82 valence electrons. The Morgan fingerprint density at radius 1 is 1.13 bits per heavy atom. The van der Waals surface area contributed by atoms with Crippen LogP contribution in [0.25, 0.3) is 0 Å². The monoisotopic (exact) mass is 204 g/mol. The fourth-order valence-electron chi connectivity index (χ4n) is 3.26. The summed E-state index contributed by atoms with van der Waals surface area (Å²) < 4.78 is 0. The van der Waals surface area contributed by atoms with Gasteiger partial charge >= 0.3 is 0 Å². The molecule has 1 fully saturated rings. The summed E-state index contributed by atoms with van der Waals surface area (Å²) in [5.41, 5.74) is 2.25. The highest BCUT2D eigenvalue weighted by Gasteiger charge is 2.47. The molecule has 0 aromatic rings. The summed E-state index contributed by atoms with van der Waals surface area (Å²) in [4.78, 5) is 12.3. The summed E-state index contributed by atoms with van der Waals surface area (Å²) in [5.74, 6) is 0.341. The molecule has 0 amide bonds. The van der Waals surface area contributed by atoms with E-state index in [4.69, 9.17) is 0 Å². The van der Waals surface area contributed by atoms with Crippen molar-refractivity contribution in [2.75, 3.05) is 0 Å². The van der Waals surface area contributed by atoms with Gasteiger partial charge in [0.05, 0.1) is 5.41 Å². The van der Waals surface area contributed by atoms with Crippen molar-refractivity contribution >= 4 is 5.78 Å². The number of allylic oxidation sites excluding steroid dienone is 4. The first-order valence-electron chi connectivity index (χ1n) is 5.82. The molecule has 0 aromatic carbocycles. The first kappa shape index (κ1) is 10.7. The van der Waals surface area contributed by atoms with E-state index in [2.05, 4.69) is 26.8 Å². The average Bonchev–Trinajstić information content (AvgIpc) is 2.12. The van der Waals surface area contributed by atoms with E-state index < -0.39 is 0 Å². The standard InChI is InChI=1S/C14H20O/c1-10-6-7-11-13(2,3)8-5-9-14(11,4)12(10)15/h6-7H,5,8-9H2,1-4H3. The van der Waals surface area contributed by atoms with E-state index in [1.54, 1.807) is 0 Å². The first-order chi connectivity index (χ1) is 6.88. The summed E-state index contributed by atoms with van der Waals surface area (Å²) in [7, 11) is 0. The van der Waals surface area contributed by atoms with Crippen LogP contribution < -0.4 is 0 Å². The van der Waals surface area contributed by atoms with E-state index in [1.165, 1.54) is 18.4 Å². The highest BCUT2D eigenvalue weighted by Crippen LogP contribution is 2.53. The molecule has 2 aliphatic carbocycles. The average molecular weight is 204 g/mol. The maximum absolute atomic E-state index is 12.3. The molecule has 0 spiro atoms. The van der Waals surface area contributed by atoms with Crippen LogP contribution in [0.3, 0.4) is 0 Å². The van der Waals surface area contributed by atoms with Crippen LogP contribution in [0.4, 0.5) is 0 Å². The predicted octanol–water partition coefficient (Wildman–Crippen LogP) is 3.66. The van der Waals surface area contributed by atoms with Crippen molar-refractivity contribution < 1.29 is 4.79 Å². The molecule has 2 rings (SSSR count). The van der Waals surface area contributed by atoms with Gasteiger partial charge in [-0.25, -0.2) is 0 Å².